The number of phenols is 3. The van der Waals surface area contributed by atoms with Gasteiger partial charge in [-0.25, -0.2) is 0 Å². The van der Waals surface area contributed by atoms with Crippen molar-refractivity contribution in [2.24, 2.45) is 0 Å². The Kier molecular flexibility index (Phi) is 5.19. The van der Waals surface area contributed by atoms with Gasteiger partial charge in [0.2, 0.25) is 0 Å². The summed E-state index contributed by atoms with van der Waals surface area (Å²) in [6, 6.07) is 10.9. The molecule has 0 saturated heterocycles. The number of hydrogen-bond acceptors (Lipinski definition) is 3. The molecule has 0 saturated carbocycles. The highest BCUT2D eigenvalue weighted by atomic mass is 16.3. The van der Waals surface area contributed by atoms with Crippen molar-refractivity contribution in [3.05, 3.63) is 53.1 Å². The Morgan fingerprint density at radius 3 is 1.74 bits per heavy atom. The molecule has 2 rings (SSSR count). The van der Waals surface area contributed by atoms with Gasteiger partial charge in [0.25, 0.3) is 0 Å². The minimum atomic E-state index is -0.229. The maximum absolute atomic E-state index is 9.96. The minimum absolute atomic E-state index is 0.0884. The second-order valence-corrected chi connectivity index (χ2v) is 6.29. The van der Waals surface area contributed by atoms with Gasteiger partial charge in [-0.05, 0) is 54.7 Å². The summed E-state index contributed by atoms with van der Waals surface area (Å²) in [6.45, 7) is 6.20. The van der Waals surface area contributed by atoms with E-state index in [2.05, 4.69) is 13.8 Å². The molecule has 2 aromatic rings. The second kappa shape index (κ2) is 6.95. The third-order valence-corrected chi connectivity index (χ3v) is 4.63. The number of aryl methyl sites for hydroxylation is 1. The standard InChI is InChI=1S/C20H26O3/c1-4-10-20(11-5-2,15-6-8-17(21)14(3)12-15)16-7-9-18(22)19(23)13-16/h6-9,12-13,21-23H,4-5,10-11H2,1-3H3. The Balaban J connectivity index is 2.66. The van der Waals surface area contributed by atoms with Crippen LogP contribution in [-0.2, 0) is 5.41 Å². The van der Waals surface area contributed by atoms with E-state index in [1.165, 1.54) is 0 Å². The molecule has 0 heterocycles. The zero-order valence-electron chi connectivity index (χ0n) is 14.1. The third kappa shape index (κ3) is 3.29. The van der Waals surface area contributed by atoms with Crippen molar-refractivity contribution in [2.45, 2.75) is 51.9 Å². The van der Waals surface area contributed by atoms with Crippen LogP contribution in [0.15, 0.2) is 36.4 Å². The zero-order valence-corrected chi connectivity index (χ0v) is 14.1. The first kappa shape index (κ1) is 17.2. The number of phenolic OH excluding ortho intramolecular Hbond substituents is 3. The molecule has 3 N–H and O–H groups in total. The smallest absolute Gasteiger partial charge is 0.157 e. The molecule has 3 nitrogen and oxygen atoms in total. The monoisotopic (exact) mass is 314 g/mol. The Hall–Kier alpha value is -2.16. The van der Waals surface area contributed by atoms with Crippen LogP contribution in [0.4, 0.5) is 0 Å². The van der Waals surface area contributed by atoms with Gasteiger partial charge in [0.05, 0.1) is 0 Å². The average molecular weight is 314 g/mol. The highest BCUT2D eigenvalue weighted by molar-refractivity contribution is 5.49. The lowest BCUT2D eigenvalue weighted by molar-refractivity contribution is 0.393. The van der Waals surface area contributed by atoms with Crippen LogP contribution in [0.25, 0.3) is 0 Å². The molecule has 0 bridgehead atoms. The van der Waals surface area contributed by atoms with Crippen molar-refractivity contribution in [1.29, 1.82) is 0 Å². The molecule has 124 valence electrons. The molecule has 0 unspecified atom stereocenters. The summed E-state index contributed by atoms with van der Waals surface area (Å²) in [6.07, 6.45) is 3.88. The number of aromatic hydroxyl groups is 3. The van der Waals surface area contributed by atoms with Crippen LogP contribution < -0.4 is 0 Å². The second-order valence-electron chi connectivity index (χ2n) is 6.29. The molecule has 23 heavy (non-hydrogen) atoms. The summed E-state index contributed by atoms with van der Waals surface area (Å²) >= 11 is 0. The van der Waals surface area contributed by atoms with Crippen molar-refractivity contribution in [3.8, 4) is 17.2 Å². The summed E-state index contributed by atoms with van der Waals surface area (Å²) in [7, 11) is 0. The highest BCUT2D eigenvalue weighted by Gasteiger charge is 2.33. The fraction of sp³-hybridized carbons (Fsp3) is 0.400. The Morgan fingerprint density at radius 1 is 0.739 bits per heavy atom. The van der Waals surface area contributed by atoms with Gasteiger partial charge in [-0.15, -0.1) is 0 Å². The number of rotatable bonds is 6. The third-order valence-electron chi connectivity index (χ3n) is 4.63. The van der Waals surface area contributed by atoms with Gasteiger partial charge in [-0.3, -0.25) is 0 Å². The van der Waals surface area contributed by atoms with E-state index in [4.69, 9.17) is 0 Å². The fourth-order valence-corrected chi connectivity index (χ4v) is 3.50. The first-order chi connectivity index (χ1) is 10.9. The molecule has 0 aliphatic heterocycles. The van der Waals surface area contributed by atoms with E-state index < -0.39 is 0 Å². The van der Waals surface area contributed by atoms with Gasteiger partial charge in [0.15, 0.2) is 11.5 Å². The van der Waals surface area contributed by atoms with E-state index in [1.54, 1.807) is 18.2 Å². The van der Waals surface area contributed by atoms with Crippen LogP contribution in [-0.4, -0.2) is 15.3 Å². The fourth-order valence-electron chi connectivity index (χ4n) is 3.50. The molecule has 2 aromatic carbocycles. The molecule has 3 heteroatoms. The van der Waals surface area contributed by atoms with Gasteiger partial charge in [0, 0.05) is 5.41 Å². The van der Waals surface area contributed by atoms with E-state index in [1.807, 2.05) is 25.1 Å². The largest absolute Gasteiger partial charge is 0.508 e. The molecule has 0 aliphatic carbocycles. The molecule has 0 atom stereocenters. The van der Waals surface area contributed by atoms with Crippen molar-refractivity contribution >= 4 is 0 Å². The van der Waals surface area contributed by atoms with Gasteiger partial charge in [-0.1, -0.05) is 44.9 Å². The summed E-state index contributed by atoms with van der Waals surface area (Å²) in [4.78, 5) is 0. The Morgan fingerprint density at radius 2 is 1.26 bits per heavy atom. The summed E-state index contributed by atoms with van der Waals surface area (Å²) < 4.78 is 0. The van der Waals surface area contributed by atoms with Crippen molar-refractivity contribution in [1.82, 2.24) is 0 Å². The maximum Gasteiger partial charge on any atom is 0.157 e. The molecule has 0 amide bonds. The molecule has 0 spiro atoms. The summed E-state index contributed by atoms with van der Waals surface area (Å²) in [5, 5.41) is 29.4. The molecule has 0 aromatic heterocycles. The Labute approximate surface area is 138 Å². The normalized spacial score (nSPS) is 11.6. The predicted molar refractivity (Wildman–Crippen MR) is 93.2 cm³/mol. The van der Waals surface area contributed by atoms with Crippen LogP contribution in [0.1, 0.15) is 56.2 Å². The van der Waals surface area contributed by atoms with Gasteiger partial charge in [-0.2, -0.15) is 0 Å². The van der Waals surface area contributed by atoms with E-state index >= 15 is 0 Å². The van der Waals surface area contributed by atoms with Gasteiger partial charge < -0.3 is 15.3 Å². The van der Waals surface area contributed by atoms with Gasteiger partial charge in [0.1, 0.15) is 5.75 Å². The maximum atomic E-state index is 9.96. The molecular formula is C20H26O3. The van der Waals surface area contributed by atoms with Crippen LogP contribution in [0, 0.1) is 6.92 Å². The lowest BCUT2D eigenvalue weighted by Gasteiger charge is -2.35. The van der Waals surface area contributed by atoms with E-state index in [0.717, 1.165) is 42.4 Å². The lowest BCUT2D eigenvalue weighted by atomic mass is 9.68. The van der Waals surface area contributed by atoms with Crippen LogP contribution in [0.5, 0.6) is 17.2 Å². The summed E-state index contributed by atoms with van der Waals surface area (Å²) in [5.74, 6) is 0.108. The molecular weight excluding hydrogens is 288 g/mol. The number of benzene rings is 2. The molecule has 0 aliphatic rings. The zero-order chi connectivity index (χ0) is 17.0. The SMILES string of the molecule is CCCC(CCC)(c1ccc(O)c(C)c1)c1ccc(O)c(O)c1. The first-order valence-corrected chi connectivity index (χ1v) is 8.27. The van der Waals surface area contributed by atoms with Crippen LogP contribution >= 0.6 is 0 Å². The topological polar surface area (TPSA) is 60.7 Å². The van der Waals surface area contributed by atoms with E-state index in [0.29, 0.717) is 5.75 Å². The van der Waals surface area contributed by atoms with E-state index in [-0.39, 0.29) is 16.9 Å². The van der Waals surface area contributed by atoms with Crippen molar-refractivity contribution < 1.29 is 15.3 Å². The molecule has 0 fully saturated rings. The van der Waals surface area contributed by atoms with Crippen LogP contribution in [0.3, 0.4) is 0 Å². The highest BCUT2D eigenvalue weighted by Crippen LogP contribution is 2.44. The quantitative estimate of drug-likeness (QED) is 0.658. The lowest BCUT2D eigenvalue weighted by Crippen LogP contribution is -2.27. The van der Waals surface area contributed by atoms with Gasteiger partial charge >= 0.3 is 0 Å². The first-order valence-electron chi connectivity index (χ1n) is 8.27. The average Bonchev–Trinajstić information content (AvgIpc) is 2.52. The minimum Gasteiger partial charge on any atom is -0.508 e. The summed E-state index contributed by atoms with van der Waals surface area (Å²) in [5.41, 5.74) is 2.76. The van der Waals surface area contributed by atoms with Crippen molar-refractivity contribution in [3.63, 3.8) is 0 Å². The van der Waals surface area contributed by atoms with Crippen LogP contribution in [0.2, 0.25) is 0 Å². The number of hydrogen-bond donors (Lipinski definition) is 3. The van der Waals surface area contributed by atoms with Crippen molar-refractivity contribution in [2.75, 3.05) is 0 Å². The van der Waals surface area contributed by atoms with E-state index in [9.17, 15) is 15.3 Å². The molecule has 0 radical (unpaired) electrons. The predicted octanol–water partition coefficient (Wildman–Crippen LogP) is 5.00. The Bertz CT molecular complexity index is 617.